The Labute approximate surface area is 234 Å². The molecule has 0 aliphatic carbocycles. The lowest BCUT2D eigenvalue weighted by atomic mass is 10.0. The van der Waals surface area contributed by atoms with Gasteiger partial charge in [0, 0.05) is 11.6 Å². The van der Waals surface area contributed by atoms with Gasteiger partial charge in [-0.3, -0.25) is 14.3 Å². The third-order valence-electron chi connectivity index (χ3n) is 6.11. The van der Waals surface area contributed by atoms with Gasteiger partial charge in [0.25, 0.3) is 15.6 Å². The highest BCUT2D eigenvalue weighted by atomic mass is 32.2. The van der Waals surface area contributed by atoms with E-state index in [4.69, 9.17) is 11.5 Å². The van der Waals surface area contributed by atoms with E-state index in [9.17, 15) is 26.8 Å². The van der Waals surface area contributed by atoms with Crippen LogP contribution in [0, 0.1) is 11.6 Å². The maximum Gasteiger partial charge on any atom is 0.267 e. The Morgan fingerprint density at radius 2 is 1.80 bits per heavy atom. The Morgan fingerprint density at radius 3 is 2.44 bits per heavy atom. The normalized spacial score (nSPS) is 12.4. The second-order valence-electron chi connectivity index (χ2n) is 9.02. The molecule has 0 unspecified atom stereocenters. The average Bonchev–Trinajstić information content (AvgIpc) is 2.90. The number of hydrogen-bond donors (Lipinski definition) is 3. The molecule has 1 aromatic heterocycles. The maximum absolute atomic E-state index is 14.2. The monoisotopic (exact) mass is 577 g/mol. The second-order valence-corrected chi connectivity index (χ2v) is 10.7. The number of anilines is 1. The van der Waals surface area contributed by atoms with Crippen molar-refractivity contribution in [3.8, 4) is 5.69 Å². The molecule has 0 bridgehead atoms. The molecule has 0 aliphatic heterocycles. The first-order valence-corrected chi connectivity index (χ1v) is 13.6. The molecule has 0 atom stereocenters. The van der Waals surface area contributed by atoms with Crippen molar-refractivity contribution in [2.75, 3.05) is 5.73 Å². The summed E-state index contributed by atoms with van der Waals surface area (Å²) >= 11 is 0. The van der Waals surface area contributed by atoms with Gasteiger partial charge in [0.15, 0.2) is 0 Å². The van der Waals surface area contributed by atoms with Crippen molar-refractivity contribution in [3.63, 3.8) is 0 Å². The van der Waals surface area contributed by atoms with Gasteiger partial charge < -0.3 is 11.5 Å². The van der Waals surface area contributed by atoms with E-state index in [2.05, 4.69) is 16.3 Å². The van der Waals surface area contributed by atoms with Crippen LogP contribution >= 0.6 is 0 Å². The van der Waals surface area contributed by atoms with E-state index in [0.29, 0.717) is 34.0 Å². The van der Waals surface area contributed by atoms with Crippen molar-refractivity contribution in [2.24, 2.45) is 5.73 Å². The largest absolute Gasteiger partial charge is 0.369 e. The van der Waals surface area contributed by atoms with Crippen LogP contribution in [0.2, 0.25) is 0 Å². The third-order valence-corrected chi connectivity index (χ3v) is 7.51. The summed E-state index contributed by atoms with van der Waals surface area (Å²) in [5, 5.41) is 0.194. The van der Waals surface area contributed by atoms with Crippen molar-refractivity contribution in [1.29, 1.82) is 0 Å². The SMILES string of the molecule is C=C(C)/C(=C\C(=CC)c1ccc2nc(N)n(-c3cccc(C(N)=O)c3)c(=O)c2c1)NS(=O)(=O)c1ccc(F)cc1F. The van der Waals surface area contributed by atoms with Crippen molar-refractivity contribution >= 4 is 38.4 Å². The number of aromatic nitrogens is 2. The number of carbonyl (C=O) groups is 1. The summed E-state index contributed by atoms with van der Waals surface area (Å²) in [6, 6.07) is 13.0. The van der Waals surface area contributed by atoms with Crippen LogP contribution in [0.15, 0.2) is 100 Å². The van der Waals surface area contributed by atoms with Crippen molar-refractivity contribution in [2.45, 2.75) is 18.7 Å². The fourth-order valence-corrected chi connectivity index (χ4v) is 5.25. The van der Waals surface area contributed by atoms with Crippen molar-refractivity contribution in [1.82, 2.24) is 14.3 Å². The molecule has 0 saturated heterocycles. The molecule has 4 rings (SSSR count). The topological polar surface area (TPSA) is 150 Å². The van der Waals surface area contributed by atoms with Crippen molar-refractivity contribution in [3.05, 3.63) is 124 Å². The van der Waals surface area contributed by atoms with Crippen molar-refractivity contribution < 1.29 is 22.0 Å². The van der Waals surface area contributed by atoms with Gasteiger partial charge in [-0.05, 0) is 79.1 Å². The van der Waals surface area contributed by atoms with E-state index in [1.165, 1.54) is 18.2 Å². The highest BCUT2D eigenvalue weighted by Gasteiger charge is 2.21. The van der Waals surface area contributed by atoms with Gasteiger partial charge in [-0.2, -0.15) is 0 Å². The van der Waals surface area contributed by atoms with Crippen LogP contribution in [0.1, 0.15) is 29.8 Å². The summed E-state index contributed by atoms with van der Waals surface area (Å²) in [5.74, 6) is -2.94. The van der Waals surface area contributed by atoms with Gasteiger partial charge in [-0.15, -0.1) is 0 Å². The zero-order chi connectivity index (χ0) is 30.1. The lowest BCUT2D eigenvalue weighted by molar-refractivity contribution is 0.1000. The van der Waals surface area contributed by atoms with Crippen LogP contribution in [0.4, 0.5) is 14.7 Å². The van der Waals surface area contributed by atoms with E-state index in [0.717, 1.165) is 16.7 Å². The number of benzene rings is 3. The van der Waals surface area contributed by atoms with E-state index < -0.39 is 38.0 Å². The van der Waals surface area contributed by atoms with Crippen LogP contribution in [0.25, 0.3) is 22.2 Å². The van der Waals surface area contributed by atoms with Crippen LogP contribution in [0.5, 0.6) is 0 Å². The molecule has 0 spiro atoms. The average molecular weight is 578 g/mol. The Bertz CT molecular complexity index is 1960. The number of hydrogen-bond acceptors (Lipinski definition) is 6. The zero-order valence-electron chi connectivity index (χ0n) is 22.0. The first kappa shape index (κ1) is 28.9. The van der Waals surface area contributed by atoms with Crippen LogP contribution in [-0.4, -0.2) is 23.9 Å². The number of nitrogens with one attached hydrogen (secondary N) is 1. The Balaban J connectivity index is 1.80. The predicted molar refractivity (Wildman–Crippen MR) is 153 cm³/mol. The van der Waals surface area contributed by atoms with E-state index in [1.807, 2.05) is 0 Å². The molecule has 1 amide bonds. The van der Waals surface area contributed by atoms with Gasteiger partial charge in [0.05, 0.1) is 22.3 Å². The third kappa shape index (κ3) is 5.92. The molecule has 41 heavy (non-hydrogen) atoms. The van der Waals surface area contributed by atoms with E-state index >= 15 is 0 Å². The summed E-state index contributed by atoms with van der Waals surface area (Å²) < 4.78 is 56.8. The quantitative estimate of drug-likeness (QED) is 0.267. The minimum absolute atomic E-state index is 0.0398. The second kappa shape index (κ2) is 11.2. The first-order chi connectivity index (χ1) is 19.3. The maximum atomic E-state index is 14.2. The van der Waals surface area contributed by atoms with Gasteiger partial charge in [0.2, 0.25) is 11.9 Å². The molecular formula is C29H25F2N5O4S. The van der Waals surface area contributed by atoms with Gasteiger partial charge in [-0.1, -0.05) is 24.8 Å². The minimum Gasteiger partial charge on any atom is -0.369 e. The number of nitrogens with two attached hydrogens (primary N) is 2. The summed E-state index contributed by atoms with van der Waals surface area (Å²) in [7, 11) is -4.44. The van der Waals surface area contributed by atoms with Crippen LogP contribution < -0.4 is 21.7 Å². The van der Waals surface area contributed by atoms with E-state index in [-0.39, 0.29) is 22.6 Å². The summed E-state index contributed by atoms with van der Waals surface area (Å²) in [4.78, 5) is 28.8. The Kier molecular flexibility index (Phi) is 7.88. The Morgan fingerprint density at radius 1 is 1.07 bits per heavy atom. The number of carbonyl (C=O) groups excluding carboxylic acids is 1. The van der Waals surface area contributed by atoms with Gasteiger partial charge in [0.1, 0.15) is 16.5 Å². The smallest absolute Gasteiger partial charge is 0.267 e. The lowest BCUT2D eigenvalue weighted by Crippen LogP contribution is -2.25. The van der Waals surface area contributed by atoms with Crippen LogP contribution in [-0.2, 0) is 10.0 Å². The fourth-order valence-electron chi connectivity index (χ4n) is 4.05. The lowest BCUT2D eigenvalue weighted by Gasteiger charge is -2.15. The molecule has 0 radical (unpaired) electrons. The minimum atomic E-state index is -4.44. The number of amides is 1. The number of rotatable bonds is 8. The van der Waals surface area contributed by atoms with Gasteiger partial charge >= 0.3 is 0 Å². The molecule has 5 N–H and O–H groups in total. The molecule has 12 heteroatoms. The summed E-state index contributed by atoms with van der Waals surface area (Å²) in [6.45, 7) is 7.06. The summed E-state index contributed by atoms with van der Waals surface area (Å²) in [5.41, 5.74) is 13.1. The molecule has 3 aromatic carbocycles. The Hall–Kier alpha value is -5.10. The molecule has 1 heterocycles. The zero-order valence-corrected chi connectivity index (χ0v) is 22.8. The molecular weight excluding hydrogens is 552 g/mol. The standard InChI is InChI=1S/C29H25F2N5O4S/c1-4-17(14-25(16(2)3)35-41(39,40)26-11-9-20(30)15-23(26)31)18-8-10-24-22(13-18)28(38)36(29(33)34-24)21-7-5-6-19(12-21)27(32)37/h4-15,35H,2H2,1,3H3,(H2,32,37)(H2,33,34)/b17-4?,25-14+. The van der Waals surface area contributed by atoms with E-state index in [1.54, 1.807) is 50.3 Å². The molecule has 0 aliphatic rings. The first-order valence-electron chi connectivity index (χ1n) is 12.1. The van der Waals surface area contributed by atoms with Gasteiger partial charge in [-0.25, -0.2) is 26.7 Å². The van der Waals surface area contributed by atoms with Crippen LogP contribution in [0.3, 0.4) is 0 Å². The molecule has 0 saturated carbocycles. The number of nitrogens with zero attached hydrogens (tertiary/aromatic N) is 2. The number of sulfonamides is 1. The molecule has 4 aromatic rings. The number of primary amides is 1. The highest BCUT2D eigenvalue weighted by molar-refractivity contribution is 7.89. The number of allylic oxidation sites excluding steroid dienone is 4. The molecule has 9 nitrogen and oxygen atoms in total. The predicted octanol–water partition coefficient (Wildman–Crippen LogP) is 4.19. The highest BCUT2D eigenvalue weighted by Crippen LogP contribution is 2.25. The summed E-state index contributed by atoms with van der Waals surface area (Å²) in [6.07, 6.45) is 3.15. The molecule has 0 fully saturated rings. The molecule has 210 valence electrons. The number of halogens is 2. The number of nitrogen functional groups attached to an aromatic ring is 1. The number of fused-ring (bicyclic) bond motifs is 1. The fraction of sp³-hybridized carbons (Fsp3) is 0.0690.